The molecule has 4 nitrogen and oxygen atoms in total. The molecule has 0 saturated heterocycles. The van der Waals surface area contributed by atoms with E-state index in [1.54, 1.807) is 0 Å². The fraction of sp³-hybridized carbons (Fsp3) is 0.737. The molecule has 0 aliphatic carbocycles. The third-order valence-corrected chi connectivity index (χ3v) is 5.12. The van der Waals surface area contributed by atoms with Crippen LogP contribution in [0.5, 0.6) is 0 Å². The molecule has 0 saturated carbocycles. The van der Waals surface area contributed by atoms with Gasteiger partial charge >= 0.3 is 0 Å². The lowest BCUT2D eigenvalue weighted by Crippen LogP contribution is -2.51. The highest BCUT2D eigenvalue weighted by Gasteiger charge is 2.41. The Morgan fingerprint density at radius 3 is 2.22 bits per heavy atom. The first-order valence-corrected chi connectivity index (χ1v) is 8.57. The van der Waals surface area contributed by atoms with E-state index >= 15 is 0 Å². The zero-order valence-electron chi connectivity index (χ0n) is 15.7. The number of nitrogens with zero attached hydrogens (tertiary/aromatic N) is 2. The quantitative estimate of drug-likeness (QED) is 0.907. The van der Waals surface area contributed by atoms with Crippen molar-refractivity contribution >= 4 is 5.91 Å². The standard InChI is InChI=1S/C19H32N2O2/c1-8-19(13-22)11-20-10-14(17(2,3)4)9-15(20)16(23)21(12-19)18(5,6)7/h9-10,22H,8,11-13H2,1-7H3. The van der Waals surface area contributed by atoms with Crippen LogP contribution in [0.15, 0.2) is 12.3 Å². The van der Waals surface area contributed by atoms with Gasteiger partial charge < -0.3 is 14.6 Å². The highest BCUT2D eigenvalue weighted by Crippen LogP contribution is 2.35. The summed E-state index contributed by atoms with van der Waals surface area (Å²) in [6, 6.07) is 2.03. The molecule has 1 atom stereocenters. The molecule has 1 amide bonds. The lowest BCUT2D eigenvalue weighted by Gasteiger charge is -2.40. The molecular formula is C19H32N2O2. The number of hydrogen-bond donors (Lipinski definition) is 1. The van der Waals surface area contributed by atoms with E-state index in [4.69, 9.17) is 0 Å². The van der Waals surface area contributed by atoms with E-state index in [1.165, 1.54) is 5.56 Å². The number of fused-ring (bicyclic) bond motifs is 1. The Morgan fingerprint density at radius 1 is 1.17 bits per heavy atom. The van der Waals surface area contributed by atoms with Crippen molar-refractivity contribution in [3.63, 3.8) is 0 Å². The van der Waals surface area contributed by atoms with Crippen molar-refractivity contribution in [2.75, 3.05) is 13.2 Å². The van der Waals surface area contributed by atoms with E-state index in [-0.39, 0.29) is 28.9 Å². The van der Waals surface area contributed by atoms with Gasteiger partial charge in [0.2, 0.25) is 0 Å². The number of rotatable bonds is 2. The second-order valence-electron chi connectivity index (χ2n) is 9.07. The van der Waals surface area contributed by atoms with Gasteiger partial charge in [-0.2, -0.15) is 0 Å². The maximum atomic E-state index is 13.2. The largest absolute Gasteiger partial charge is 0.396 e. The van der Waals surface area contributed by atoms with Gasteiger partial charge in [-0.25, -0.2) is 0 Å². The zero-order valence-corrected chi connectivity index (χ0v) is 15.7. The molecule has 1 N–H and O–H groups in total. The van der Waals surface area contributed by atoms with Gasteiger partial charge in [0.05, 0.1) is 6.61 Å². The zero-order chi connectivity index (χ0) is 17.6. The van der Waals surface area contributed by atoms with Gasteiger partial charge in [0.25, 0.3) is 5.91 Å². The first-order chi connectivity index (χ1) is 10.4. The highest BCUT2D eigenvalue weighted by molar-refractivity contribution is 5.94. The summed E-state index contributed by atoms with van der Waals surface area (Å²) in [5.41, 5.74) is 1.35. The van der Waals surface area contributed by atoms with Crippen molar-refractivity contribution in [2.45, 2.75) is 72.4 Å². The van der Waals surface area contributed by atoms with E-state index in [1.807, 2.05) is 11.0 Å². The smallest absolute Gasteiger partial charge is 0.270 e. The minimum Gasteiger partial charge on any atom is -0.396 e. The van der Waals surface area contributed by atoms with E-state index in [0.29, 0.717) is 13.1 Å². The molecule has 130 valence electrons. The number of aliphatic hydroxyl groups excluding tert-OH is 1. The molecule has 2 rings (SSSR count). The van der Waals surface area contributed by atoms with Gasteiger partial charge in [-0.1, -0.05) is 27.7 Å². The third-order valence-electron chi connectivity index (χ3n) is 5.12. The van der Waals surface area contributed by atoms with Crippen LogP contribution in [0, 0.1) is 5.41 Å². The molecule has 0 bridgehead atoms. The molecule has 0 aromatic carbocycles. The van der Waals surface area contributed by atoms with Crippen LogP contribution in [-0.4, -0.2) is 39.2 Å². The van der Waals surface area contributed by atoms with Gasteiger partial charge in [-0.3, -0.25) is 4.79 Å². The number of carbonyl (C=O) groups is 1. The summed E-state index contributed by atoms with van der Waals surface area (Å²) < 4.78 is 2.06. The van der Waals surface area contributed by atoms with E-state index in [9.17, 15) is 9.90 Å². The molecule has 1 aromatic heterocycles. The van der Waals surface area contributed by atoms with Crippen LogP contribution in [0.3, 0.4) is 0 Å². The summed E-state index contributed by atoms with van der Waals surface area (Å²) in [4.78, 5) is 15.1. The van der Waals surface area contributed by atoms with E-state index < -0.39 is 0 Å². The molecule has 1 aliphatic rings. The number of aliphatic hydroxyl groups is 1. The summed E-state index contributed by atoms with van der Waals surface area (Å²) in [6.45, 7) is 16.1. The Hall–Kier alpha value is -1.29. The van der Waals surface area contributed by atoms with Gasteiger partial charge in [0, 0.05) is 30.2 Å². The maximum absolute atomic E-state index is 13.2. The first-order valence-electron chi connectivity index (χ1n) is 8.57. The van der Waals surface area contributed by atoms with Crippen molar-refractivity contribution in [1.82, 2.24) is 9.47 Å². The predicted octanol–water partition coefficient (Wildman–Crippen LogP) is 3.43. The lowest BCUT2D eigenvalue weighted by atomic mass is 9.84. The topological polar surface area (TPSA) is 45.5 Å². The summed E-state index contributed by atoms with van der Waals surface area (Å²) in [7, 11) is 0. The number of hydrogen-bond acceptors (Lipinski definition) is 2. The fourth-order valence-electron chi connectivity index (χ4n) is 3.16. The van der Waals surface area contributed by atoms with Crippen LogP contribution < -0.4 is 0 Å². The fourth-order valence-corrected chi connectivity index (χ4v) is 3.16. The average molecular weight is 320 g/mol. The minimum absolute atomic E-state index is 0.000128. The molecule has 1 aliphatic heterocycles. The number of aromatic nitrogens is 1. The molecule has 2 heterocycles. The van der Waals surface area contributed by atoms with Crippen LogP contribution in [0.2, 0.25) is 0 Å². The molecule has 1 unspecified atom stereocenters. The Balaban J connectivity index is 2.60. The van der Waals surface area contributed by atoms with Crippen molar-refractivity contribution < 1.29 is 9.90 Å². The minimum atomic E-state index is -0.289. The van der Waals surface area contributed by atoms with Crippen LogP contribution >= 0.6 is 0 Å². The Kier molecular flexibility index (Phi) is 4.44. The SMILES string of the molecule is CCC1(CO)CN(C(C)(C)C)C(=O)c2cc(C(C)(C)C)cn2C1. The summed E-state index contributed by atoms with van der Waals surface area (Å²) in [6.07, 6.45) is 2.94. The molecular weight excluding hydrogens is 288 g/mol. The lowest BCUT2D eigenvalue weighted by molar-refractivity contribution is 0.0245. The summed E-state index contributed by atoms with van der Waals surface area (Å²) >= 11 is 0. The van der Waals surface area contributed by atoms with Gasteiger partial charge in [0.15, 0.2) is 0 Å². The number of amides is 1. The molecule has 0 radical (unpaired) electrons. The summed E-state index contributed by atoms with van der Waals surface area (Å²) in [5.74, 6) is 0.0665. The second kappa shape index (κ2) is 5.66. The van der Waals surface area contributed by atoms with Crippen molar-refractivity contribution in [3.05, 3.63) is 23.5 Å². The van der Waals surface area contributed by atoms with Crippen molar-refractivity contribution in [1.29, 1.82) is 0 Å². The monoisotopic (exact) mass is 320 g/mol. The van der Waals surface area contributed by atoms with E-state index in [0.717, 1.165) is 12.1 Å². The molecule has 0 fully saturated rings. The van der Waals surface area contributed by atoms with Gasteiger partial charge in [-0.05, 0) is 44.2 Å². The predicted molar refractivity (Wildman–Crippen MR) is 93.7 cm³/mol. The van der Waals surface area contributed by atoms with Crippen LogP contribution in [-0.2, 0) is 12.0 Å². The Morgan fingerprint density at radius 2 is 1.78 bits per heavy atom. The van der Waals surface area contributed by atoms with Gasteiger partial charge in [0.1, 0.15) is 5.69 Å². The third kappa shape index (κ3) is 3.32. The Labute approximate surface area is 140 Å². The van der Waals surface area contributed by atoms with Crippen LogP contribution in [0.1, 0.15) is 70.9 Å². The number of carbonyl (C=O) groups excluding carboxylic acids is 1. The summed E-state index contributed by atoms with van der Waals surface area (Å²) in [5, 5.41) is 10.1. The van der Waals surface area contributed by atoms with Crippen LogP contribution in [0.4, 0.5) is 0 Å². The average Bonchev–Trinajstić information content (AvgIpc) is 2.80. The normalized spacial score (nSPS) is 23.0. The Bertz CT molecular complexity index is 583. The van der Waals surface area contributed by atoms with Crippen molar-refractivity contribution in [2.24, 2.45) is 5.41 Å². The maximum Gasteiger partial charge on any atom is 0.270 e. The molecule has 1 aromatic rings. The molecule has 4 heteroatoms. The van der Waals surface area contributed by atoms with Crippen LogP contribution in [0.25, 0.3) is 0 Å². The second-order valence-corrected chi connectivity index (χ2v) is 9.07. The highest BCUT2D eigenvalue weighted by atomic mass is 16.3. The molecule has 0 spiro atoms. The van der Waals surface area contributed by atoms with Gasteiger partial charge in [-0.15, -0.1) is 0 Å². The van der Waals surface area contributed by atoms with E-state index in [2.05, 4.69) is 59.2 Å². The first kappa shape index (κ1) is 18.1. The van der Waals surface area contributed by atoms with Crippen molar-refractivity contribution in [3.8, 4) is 0 Å². The molecule has 23 heavy (non-hydrogen) atoms.